The number of carbonyl (C=O) groups is 1. The van der Waals surface area contributed by atoms with E-state index in [1.807, 2.05) is 17.0 Å². The molecule has 1 aromatic carbocycles. The van der Waals surface area contributed by atoms with E-state index in [4.69, 9.17) is 16.3 Å². The van der Waals surface area contributed by atoms with Crippen molar-refractivity contribution in [3.8, 4) is 12.8 Å². The summed E-state index contributed by atoms with van der Waals surface area (Å²) in [6, 6.07) is 8.99. The molecule has 1 aromatic rings. The second kappa shape index (κ2) is 7.53. The van der Waals surface area contributed by atoms with E-state index in [0.29, 0.717) is 12.1 Å². The van der Waals surface area contributed by atoms with E-state index in [9.17, 15) is 4.79 Å². The number of ether oxygens (including phenoxy) is 1. The Labute approximate surface area is 137 Å². The molecule has 2 atom stereocenters. The number of hydrogen-bond acceptors (Lipinski definition) is 3. The van der Waals surface area contributed by atoms with E-state index < -0.39 is 0 Å². The Morgan fingerprint density at radius 3 is 2.77 bits per heavy atom. The number of halogens is 1. The molecule has 0 N–H and O–H groups in total. The van der Waals surface area contributed by atoms with Gasteiger partial charge in [-0.25, -0.2) is 4.79 Å². The van der Waals surface area contributed by atoms with Gasteiger partial charge in [-0.15, -0.1) is 12.8 Å². The van der Waals surface area contributed by atoms with Crippen LogP contribution in [0.4, 0.5) is 4.79 Å². The molecule has 2 aliphatic heterocycles. The number of nitrogens with zero attached hydrogens (tertiary/aromatic N) is 2. The molecule has 2 saturated heterocycles. The monoisotopic (exact) mass is 320 g/mol. The quantitative estimate of drug-likeness (QED) is 0.745. The fourth-order valence-corrected chi connectivity index (χ4v) is 3.62. The topological polar surface area (TPSA) is 32.8 Å². The van der Waals surface area contributed by atoms with Gasteiger partial charge in [0.1, 0.15) is 0 Å². The molecule has 118 valence electrons. The van der Waals surface area contributed by atoms with Crippen LogP contribution in [-0.2, 0) is 4.74 Å². The van der Waals surface area contributed by atoms with E-state index in [2.05, 4.69) is 29.9 Å². The lowest BCUT2D eigenvalue weighted by atomic mass is 10.0. The molecular weight excluding hydrogens is 300 g/mol. The van der Waals surface area contributed by atoms with Crippen molar-refractivity contribution in [2.75, 3.05) is 26.7 Å². The third-order valence-electron chi connectivity index (χ3n) is 4.37. The number of carbonyl (C=O) groups excluding carboxylic acids is 1. The summed E-state index contributed by atoms with van der Waals surface area (Å²) in [6.07, 6.45) is 10.0. The van der Waals surface area contributed by atoms with Gasteiger partial charge in [-0.3, -0.25) is 4.90 Å². The number of rotatable bonds is 1. The third kappa shape index (κ3) is 3.37. The Morgan fingerprint density at radius 2 is 2.09 bits per heavy atom. The van der Waals surface area contributed by atoms with Gasteiger partial charge in [-0.2, -0.15) is 0 Å². The van der Waals surface area contributed by atoms with Gasteiger partial charge >= 0.3 is 6.09 Å². The molecule has 0 saturated carbocycles. The van der Waals surface area contributed by atoms with Crippen LogP contribution < -0.4 is 0 Å². The van der Waals surface area contributed by atoms with Crippen molar-refractivity contribution < 1.29 is 9.53 Å². The van der Waals surface area contributed by atoms with E-state index >= 15 is 0 Å². The second-order valence-electron chi connectivity index (χ2n) is 5.46. The van der Waals surface area contributed by atoms with Crippen molar-refractivity contribution in [2.24, 2.45) is 0 Å². The standard InChI is InChI=1S/C15H19ClN2O2.C2H2/c1-20-15(19)17-7-8-18-13(10-17)5-6-14(18)11-3-2-4-12(16)9-11;1-2/h2-4,9,13-14H,5-8,10H2,1H3;1-2H. The highest BCUT2D eigenvalue weighted by Crippen LogP contribution is 2.38. The summed E-state index contributed by atoms with van der Waals surface area (Å²) in [5.41, 5.74) is 1.28. The molecule has 2 fully saturated rings. The number of fused-ring (bicyclic) bond motifs is 1. The molecule has 5 heteroatoms. The number of terminal acetylenes is 1. The lowest BCUT2D eigenvalue weighted by Crippen LogP contribution is -2.52. The number of piperazine rings is 1. The molecule has 0 spiro atoms. The van der Waals surface area contributed by atoms with Gasteiger partial charge in [0, 0.05) is 36.7 Å². The molecule has 1 amide bonds. The van der Waals surface area contributed by atoms with Crippen LogP contribution >= 0.6 is 11.6 Å². The van der Waals surface area contributed by atoms with Gasteiger partial charge in [0.05, 0.1) is 7.11 Å². The van der Waals surface area contributed by atoms with Gasteiger partial charge in [0.2, 0.25) is 0 Å². The maximum absolute atomic E-state index is 11.6. The van der Waals surface area contributed by atoms with Crippen LogP contribution in [0.5, 0.6) is 0 Å². The normalized spacial score (nSPS) is 24.1. The van der Waals surface area contributed by atoms with Crippen LogP contribution in [0.25, 0.3) is 0 Å². The highest BCUT2D eigenvalue weighted by molar-refractivity contribution is 6.30. The molecule has 2 aliphatic rings. The highest BCUT2D eigenvalue weighted by atomic mass is 35.5. The van der Waals surface area contributed by atoms with Gasteiger partial charge in [-0.1, -0.05) is 23.7 Å². The minimum absolute atomic E-state index is 0.212. The average molecular weight is 321 g/mol. The summed E-state index contributed by atoms with van der Waals surface area (Å²) in [5, 5.41) is 0.791. The van der Waals surface area contributed by atoms with Crippen LogP contribution in [0.15, 0.2) is 24.3 Å². The van der Waals surface area contributed by atoms with Gasteiger partial charge in [0.25, 0.3) is 0 Å². The van der Waals surface area contributed by atoms with Crippen LogP contribution in [0, 0.1) is 12.8 Å². The Kier molecular flexibility index (Phi) is 5.70. The average Bonchev–Trinajstić information content (AvgIpc) is 2.99. The van der Waals surface area contributed by atoms with Crippen LogP contribution in [0.2, 0.25) is 5.02 Å². The van der Waals surface area contributed by atoms with Crippen molar-refractivity contribution in [1.82, 2.24) is 9.80 Å². The van der Waals surface area contributed by atoms with E-state index in [1.54, 1.807) is 0 Å². The van der Waals surface area contributed by atoms with Crippen molar-refractivity contribution in [2.45, 2.75) is 24.9 Å². The summed E-state index contributed by atoms with van der Waals surface area (Å²) >= 11 is 6.09. The first-order valence-electron chi connectivity index (χ1n) is 7.36. The van der Waals surface area contributed by atoms with Gasteiger partial charge < -0.3 is 9.64 Å². The van der Waals surface area contributed by atoms with Crippen molar-refractivity contribution in [3.05, 3.63) is 34.9 Å². The number of hydrogen-bond donors (Lipinski definition) is 0. The molecule has 3 rings (SSSR count). The smallest absolute Gasteiger partial charge is 0.409 e. The van der Waals surface area contributed by atoms with Crippen LogP contribution in [0.1, 0.15) is 24.4 Å². The number of benzene rings is 1. The SMILES string of the molecule is C#C.COC(=O)N1CCN2C(CCC2c2cccc(Cl)c2)C1. The minimum atomic E-state index is -0.212. The van der Waals surface area contributed by atoms with Gasteiger partial charge in [0.15, 0.2) is 0 Å². The molecule has 0 radical (unpaired) electrons. The predicted molar refractivity (Wildman–Crippen MR) is 87.8 cm³/mol. The van der Waals surface area contributed by atoms with Crippen molar-refractivity contribution in [1.29, 1.82) is 0 Å². The fourth-order valence-electron chi connectivity index (χ4n) is 3.42. The zero-order chi connectivity index (χ0) is 16.1. The first kappa shape index (κ1) is 16.7. The third-order valence-corrected chi connectivity index (χ3v) is 4.60. The maximum atomic E-state index is 11.6. The molecule has 0 bridgehead atoms. The Hall–Kier alpha value is -1.70. The highest BCUT2D eigenvalue weighted by Gasteiger charge is 2.39. The minimum Gasteiger partial charge on any atom is -0.453 e. The Bertz CT molecular complexity index is 546. The largest absolute Gasteiger partial charge is 0.453 e. The summed E-state index contributed by atoms with van der Waals surface area (Å²) < 4.78 is 4.82. The van der Waals surface area contributed by atoms with E-state index in [-0.39, 0.29) is 6.09 Å². The summed E-state index contributed by atoms with van der Waals surface area (Å²) in [4.78, 5) is 15.9. The molecule has 0 aromatic heterocycles. The van der Waals surface area contributed by atoms with E-state index in [0.717, 1.165) is 37.5 Å². The maximum Gasteiger partial charge on any atom is 0.409 e. The molecule has 22 heavy (non-hydrogen) atoms. The van der Waals surface area contributed by atoms with Crippen LogP contribution in [-0.4, -0.2) is 48.7 Å². The summed E-state index contributed by atoms with van der Waals surface area (Å²) in [7, 11) is 1.44. The molecule has 4 nitrogen and oxygen atoms in total. The lowest BCUT2D eigenvalue weighted by Gasteiger charge is -2.39. The summed E-state index contributed by atoms with van der Waals surface area (Å²) in [6.45, 7) is 2.40. The second-order valence-corrected chi connectivity index (χ2v) is 5.89. The zero-order valence-electron chi connectivity index (χ0n) is 12.7. The molecular formula is C17H21ClN2O2. The van der Waals surface area contributed by atoms with Crippen molar-refractivity contribution >= 4 is 17.7 Å². The first-order valence-corrected chi connectivity index (χ1v) is 7.74. The van der Waals surface area contributed by atoms with Gasteiger partial charge in [-0.05, 0) is 30.5 Å². The Balaban J connectivity index is 0.000000847. The molecule has 2 heterocycles. The van der Waals surface area contributed by atoms with Crippen LogP contribution in [0.3, 0.4) is 0 Å². The first-order chi connectivity index (χ1) is 10.7. The van der Waals surface area contributed by atoms with E-state index in [1.165, 1.54) is 12.7 Å². The zero-order valence-corrected chi connectivity index (χ0v) is 13.5. The fraction of sp³-hybridized carbons (Fsp3) is 0.471. The number of amides is 1. The number of methoxy groups -OCH3 is 1. The molecule has 2 unspecified atom stereocenters. The Morgan fingerprint density at radius 1 is 1.32 bits per heavy atom. The predicted octanol–water partition coefficient (Wildman–Crippen LogP) is 3.18. The van der Waals surface area contributed by atoms with Crippen molar-refractivity contribution in [3.63, 3.8) is 0 Å². The summed E-state index contributed by atoms with van der Waals surface area (Å²) in [5.74, 6) is 0. The lowest BCUT2D eigenvalue weighted by molar-refractivity contribution is 0.0624. The molecule has 0 aliphatic carbocycles.